The lowest BCUT2D eigenvalue weighted by atomic mass is 9.87. The van der Waals surface area contributed by atoms with Crippen molar-refractivity contribution < 1.29 is 14.3 Å². The van der Waals surface area contributed by atoms with E-state index in [1.165, 1.54) is 0 Å². The molecule has 0 saturated heterocycles. The number of ketones is 1. The first-order chi connectivity index (χ1) is 7.43. The minimum Gasteiger partial charge on any atom is -0.366 e. The van der Waals surface area contributed by atoms with E-state index in [1.807, 2.05) is 41.5 Å². The predicted octanol–water partition coefficient (Wildman–Crippen LogP) is 1.92. The lowest BCUT2D eigenvalue weighted by Gasteiger charge is -2.24. The molecule has 1 N–H and O–H groups in total. The highest BCUT2D eigenvalue weighted by Gasteiger charge is 2.27. The van der Waals surface area contributed by atoms with Gasteiger partial charge < -0.3 is 10.1 Å². The first-order valence-corrected chi connectivity index (χ1v) is 5.91. The number of ether oxygens (including phenoxy) is 1. The fourth-order valence-corrected chi connectivity index (χ4v) is 1.28. The molecule has 0 aromatic rings. The second-order valence-electron chi connectivity index (χ2n) is 6.30. The number of Topliss-reactive ketones (excluding diaryl/α,β-unsaturated/α-hetero) is 1. The average Bonchev–Trinajstić information content (AvgIpc) is 2.10. The van der Waals surface area contributed by atoms with Crippen molar-refractivity contribution in [3.8, 4) is 0 Å². The van der Waals surface area contributed by atoms with Gasteiger partial charge in [-0.2, -0.15) is 0 Å². The fourth-order valence-electron chi connectivity index (χ4n) is 1.28. The molecule has 0 unspecified atom stereocenters. The van der Waals surface area contributed by atoms with Gasteiger partial charge in [-0.1, -0.05) is 20.8 Å². The van der Waals surface area contributed by atoms with Gasteiger partial charge in [0.2, 0.25) is 5.91 Å². The summed E-state index contributed by atoms with van der Waals surface area (Å²) < 4.78 is 5.33. The molecule has 0 rings (SSSR count). The predicted molar refractivity (Wildman–Crippen MR) is 67.8 cm³/mol. The van der Waals surface area contributed by atoms with Crippen LogP contribution in [0.1, 0.15) is 48.5 Å². The van der Waals surface area contributed by atoms with Gasteiger partial charge in [-0.15, -0.1) is 0 Å². The van der Waals surface area contributed by atoms with Crippen molar-refractivity contribution in [2.45, 2.75) is 60.1 Å². The SMILES string of the molecule is C[C@@H](NC(=O)COC(C)(C)C)C(=O)C(C)(C)C. The van der Waals surface area contributed by atoms with Crippen LogP contribution in [-0.4, -0.2) is 29.9 Å². The Balaban J connectivity index is 4.18. The van der Waals surface area contributed by atoms with Crippen molar-refractivity contribution in [3.05, 3.63) is 0 Å². The van der Waals surface area contributed by atoms with E-state index < -0.39 is 11.5 Å². The first kappa shape index (κ1) is 16.1. The van der Waals surface area contributed by atoms with Crippen LogP contribution in [-0.2, 0) is 14.3 Å². The van der Waals surface area contributed by atoms with Crippen molar-refractivity contribution in [1.29, 1.82) is 0 Å². The molecule has 0 heterocycles. The molecule has 0 aliphatic rings. The molecule has 0 bridgehead atoms. The summed E-state index contributed by atoms with van der Waals surface area (Å²) >= 11 is 0. The standard InChI is InChI=1S/C13H25NO3/c1-9(11(16)12(2,3)4)14-10(15)8-17-13(5,6)7/h9H,8H2,1-7H3,(H,14,15)/t9-/m1/s1. The highest BCUT2D eigenvalue weighted by atomic mass is 16.5. The van der Waals surface area contributed by atoms with E-state index in [-0.39, 0.29) is 23.9 Å². The van der Waals surface area contributed by atoms with Crippen LogP contribution in [0.2, 0.25) is 0 Å². The molecular weight excluding hydrogens is 218 g/mol. The molecule has 1 atom stereocenters. The summed E-state index contributed by atoms with van der Waals surface area (Å²) in [5, 5.41) is 2.65. The van der Waals surface area contributed by atoms with Crippen LogP contribution < -0.4 is 5.32 Å². The van der Waals surface area contributed by atoms with Gasteiger partial charge in [0.25, 0.3) is 0 Å². The Labute approximate surface area is 104 Å². The Morgan fingerprint density at radius 2 is 1.59 bits per heavy atom. The molecule has 0 aromatic heterocycles. The van der Waals surface area contributed by atoms with Crippen LogP contribution in [0.4, 0.5) is 0 Å². The normalized spacial score (nSPS) is 14.3. The highest BCUT2D eigenvalue weighted by molar-refractivity contribution is 5.92. The summed E-state index contributed by atoms with van der Waals surface area (Å²) in [5.74, 6) is -0.244. The average molecular weight is 243 g/mol. The maximum absolute atomic E-state index is 11.8. The summed E-state index contributed by atoms with van der Waals surface area (Å²) in [6.45, 7) is 12.8. The molecular formula is C13H25NO3. The molecule has 17 heavy (non-hydrogen) atoms. The zero-order valence-corrected chi connectivity index (χ0v) is 12.0. The highest BCUT2D eigenvalue weighted by Crippen LogP contribution is 2.16. The number of nitrogens with one attached hydrogen (secondary N) is 1. The van der Waals surface area contributed by atoms with Gasteiger partial charge in [-0.3, -0.25) is 9.59 Å². The Morgan fingerprint density at radius 1 is 1.12 bits per heavy atom. The van der Waals surface area contributed by atoms with Crippen molar-refractivity contribution in [2.75, 3.05) is 6.61 Å². The van der Waals surface area contributed by atoms with E-state index in [9.17, 15) is 9.59 Å². The van der Waals surface area contributed by atoms with Gasteiger partial charge in [-0.05, 0) is 27.7 Å². The lowest BCUT2D eigenvalue weighted by molar-refractivity contribution is -0.136. The molecule has 0 saturated carbocycles. The van der Waals surface area contributed by atoms with E-state index in [0.29, 0.717) is 0 Å². The smallest absolute Gasteiger partial charge is 0.246 e. The molecule has 0 fully saturated rings. The molecule has 0 aromatic carbocycles. The Morgan fingerprint density at radius 3 is 1.94 bits per heavy atom. The molecule has 0 aliphatic heterocycles. The molecule has 0 radical (unpaired) electrons. The third-order valence-corrected chi connectivity index (χ3v) is 2.15. The van der Waals surface area contributed by atoms with Crippen LogP contribution in [0.25, 0.3) is 0 Å². The van der Waals surface area contributed by atoms with Gasteiger partial charge in [0.1, 0.15) is 6.61 Å². The van der Waals surface area contributed by atoms with E-state index in [1.54, 1.807) is 6.92 Å². The molecule has 0 spiro atoms. The van der Waals surface area contributed by atoms with Gasteiger partial charge >= 0.3 is 0 Å². The largest absolute Gasteiger partial charge is 0.366 e. The number of hydrogen-bond acceptors (Lipinski definition) is 3. The van der Waals surface area contributed by atoms with E-state index in [0.717, 1.165) is 0 Å². The van der Waals surface area contributed by atoms with Crippen LogP contribution in [0.3, 0.4) is 0 Å². The van der Waals surface area contributed by atoms with Gasteiger partial charge in [-0.25, -0.2) is 0 Å². The molecule has 0 aliphatic carbocycles. The number of carbonyl (C=O) groups excluding carboxylic acids is 2. The Kier molecular flexibility index (Phi) is 5.33. The van der Waals surface area contributed by atoms with Crippen molar-refractivity contribution in [3.63, 3.8) is 0 Å². The third kappa shape index (κ3) is 7.10. The van der Waals surface area contributed by atoms with Crippen LogP contribution in [0, 0.1) is 5.41 Å². The maximum atomic E-state index is 11.8. The molecule has 1 amide bonds. The zero-order chi connectivity index (χ0) is 13.9. The quantitative estimate of drug-likeness (QED) is 0.820. The Bertz CT molecular complexity index is 284. The van der Waals surface area contributed by atoms with E-state index in [4.69, 9.17) is 4.74 Å². The fraction of sp³-hybridized carbons (Fsp3) is 0.846. The molecule has 4 nitrogen and oxygen atoms in total. The number of hydrogen-bond donors (Lipinski definition) is 1. The number of carbonyl (C=O) groups is 2. The summed E-state index contributed by atoms with van der Waals surface area (Å²) in [6, 6.07) is -0.480. The van der Waals surface area contributed by atoms with Crippen molar-refractivity contribution in [1.82, 2.24) is 5.32 Å². The van der Waals surface area contributed by atoms with Gasteiger partial charge in [0.05, 0.1) is 11.6 Å². The van der Waals surface area contributed by atoms with E-state index in [2.05, 4.69) is 5.32 Å². The second-order valence-corrected chi connectivity index (χ2v) is 6.30. The van der Waals surface area contributed by atoms with Crippen molar-refractivity contribution in [2.24, 2.45) is 5.41 Å². The van der Waals surface area contributed by atoms with E-state index >= 15 is 0 Å². The first-order valence-electron chi connectivity index (χ1n) is 5.91. The maximum Gasteiger partial charge on any atom is 0.246 e. The molecule has 100 valence electrons. The minimum absolute atomic E-state index is 0.0154. The summed E-state index contributed by atoms with van der Waals surface area (Å²) in [4.78, 5) is 23.4. The Hall–Kier alpha value is -0.900. The minimum atomic E-state index is -0.480. The van der Waals surface area contributed by atoms with Crippen LogP contribution in [0.15, 0.2) is 0 Å². The summed E-state index contributed by atoms with van der Waals surface area (Å²) in [5.41, 5.74) is -0.799. The van der Waals surface area contributed by atoms with Crippen LogP contribution in [0.5, 0.6) is 0 Å². The summed E-state index contributed by atoms with van der Waals surface area (Å²) in [6.07, 6.45) is 0. The monoisotopic (exact) mass is 243 g/mol. The lowest BCUT2D eigenvalue weighted by Crippen LogP contribution is -2.45. The second kappa shape index (κ2) is 5.63. The topological polar surface area (TPSA) is 55.4 Å². The van der Waals surface area contributed by atoms with Gasteiger partial charge in [0, 0.05) is 5.41 Å². The van der Waals surface area contributed by atoms with Gasteiger partial charge in [0.15, 0.2) is 5.78 Å². The molecule has 4 heteroatoms. The number of amides is 1. The zero-order valence-electron chi connectivity index (χ0n) is 12.0. The number of rotatable bonds is 4. The summed E-state index contributed by atoms with van der Waals surface area (Å²) in [7, 11) is 0. The van der Waals surface area contributed by atoms with Crippen LogP contribution >= 0.6 is 0 Å². The third-order valence-electron chi connectivity index (χ3n) is 2.15. The van der Waals surface area contributed by atoms with Crippen molar-refractivity contribution >= 4 is 11.7 Å².